The van der Waals surface area contributed by atoms with Gasteiger partial charge < -0.3 is 4.90 Å². The van der Waals surface area contributed by atoms with Gasteiger partial charge in [0.1, 0.15) is 0 Å². The molecule has 0 atom stereocenters. The largest absolute Gasteiger partial charge is 0.310 e. The molecule has 10 aromatic rings. The van der Waals surface area contributed by atoms with Gasteiger partial charge in [0.2, 0.25) is 0 Å². The van der Waals surface area contributed by atoms with E-state index in [1.54, 1.807) is 5.56 Å². The molecule has 73 heavy (non-hydrogen) atoms. The second-order valence-corrected chi connectivity index (χ2v) is 22.2. The van der Waals surface area contributed by atoms with Crippen LogP contribution in [0.2, 0.25) is 0 Å². The molecule has 6 aliphatic rings. The number of benzene rings is 10. The van der Waals surface area contributed by atoms with Crippen LogP contribution in [0.15, 0.2) is 255 Å². The third-order valence-corrected chi connectivity index (χ3v) is 18.4. The molecule has 4 saturated carbocycles. The lowest BCUT2D eigenvalue weighted by Crippen LogP contribution is -2.48. The average molecular weight is 936 g/mol. The zero-order valence-corrected chi connectivity index (χ0v) is 41.2. The molecular weight excluding hydrogens is 879 g/mol. The van der Waals surface area contributed by atoms with Crippen LogP contribution in [-0.4, -0.2) is 0 Å². The van der Waals surface area contributed by atoms with Gasteiger partial charge in [-0.3, -0.25) is 0 Å². The molecule has 0 radical (unpaired) electrons. The highest BCUT2D eigenvalue weighted by Gasteiger charge is 2.52. The molecule has 4 bridgehead atoms. The Bertz CT molecular complexity index is 3410. The summed E-state index contributed by atoms with van der Waals surface area (Å²) in [4.78, 5) is 2.54. The Labute approximate surface area is 430 Å². The smallest absolute Gasteiger partial charge is 0.0714 e. The fraction of sp³-hybridized carbons (Fsp3) is 0.167. The van der Waals surface area contributed by atoms with E-state index in [1.807, 2.05) is 0 Å². The van der Waals surface area contributed by atoms with E-state index in [4.69, 9.17) is 0 Å². The molecule has 1 nitrogen and oxygen atoms in total. The highest BCUT2D eigenvalue weighted by Crippen LogP contribution is 2.62. The van der Waals surface area contributed by atoms with E-state index in [0.717, 1.165) is 34.8 Å². The molecule has 0 N–H and O–H groups in total. The second kappa shape index (κ2) is 16.5. The number of rotatable bonds is 9. The molecule has 0 unspecified atom stereocenters. The summed E-state index contributed by atoms with van der Waals surface area (Å²) in [6, 6.07) is 96.8. The minimum Gasteiger partial charge on any atom is -0.310 e. The second-order valence-electron chi connectivity index (χ2n) is 22.2. The topological polar surface area (TPSA) is 3.24 Å². The predicted molar refractivity (Wildman–Crippen MR) is 301 cm³/mol. The van der Waals surface area contributed by atoms with Crippen LogP contribution in [0.25, 0.3) is 33.4 Å². The molecule has 16 rings (SSSR count). The van der Waals surface area contributed by atoms with Crippen molar-refractivity contribution in [1.29, 1.82) is 0 Å². The Kier molecular flexibility index (Phi) is 9.65. The zero-order valence-electron chi connectivity index (χ0n) is 41.2. The molecule has 0 amide bonds. The molecule has 350 valence electrons. The van der Waals surface area contributed by atoms with E-state index in [2.05, 4.69) is 260 Å². The van der Waals surface area contributed by atoms with Crippen molar-refractivity contribution in [1.82, 2.24) is 0 Å². The first-order valence-electron chi connectivity index (χ1n) is 26.8. The Morgan fingerprint density at radius 1 is 0.274 bits per heavy atom. The monoisotopic (exact) mass is 935 g/mol. The molecule has 1 heteroatoms. The summed E-state index contributed by atoms with van der Waals surface area (Å²) in [6.07, 6.45) is 8.54. The fourth-order valence-corrected chi connectivity index (χ4v) is 15.9. The Morgan fingerprint density at radius 3 is 1.10 bits per heavy atom. The van der Waals surface area contributed by atoms with Crippen molar-refractivity contribution in [2.45, 2.75) is 54.8 Å². The quantitative estimate of drug-likeness (QED) is 0.139. The molecule has 0 heterocycles. The highest BCUT2D eigenvalue weighted by atomic mass is 15.1. The van der Waals surface area contributed by atoms with Gasteiger partial charge in [-0.25, -0.2) is 0 Å². The van der Waals surface area contributed by atoms with Gasteiger partial charge in [-0.2, -0.15) is 0 Å². The van der Waals surface area contributed by atoms with Crippen LogP contribution in [0.5, 0.6) is 0 Å². The van der Waals surface area contributed by atoms with Crippen molar-refractivity contribution in [2.24, 2.45) is 17.8 Å². The van der Waals surface area contributed by atoms with Crippen LogP contribution in [0, 0.1) is 17.8 Å². The first-order valence-corrected chi connectivity index (χ1v) is 26.8. The number of nitrogens with zero attached hydrogens (tertiary/aromatic N) is 1. The van der Waals surface area contributed by atoms with Gasteiger partial charge >= 0.3 is 0 Å². The van der Waals surface area contributed by atoms with Gasteiger partial charge in [0.25, 0.3) is 0 Å². The third-order valence-electron chi connectivity index (χ3n) is 18.4. The third kappa shape index (κ3) is 6.34. The standard InChI is InChI=1S/C72H57N/c1-5-19-55(20-6-1)71(56-21-7-2-8-22-56)66-30-15-13-28-62(66)64-38-36-60(44-68(64)71)73(59-27-17-18-53(43-59)52-32-34-54(35-33-52)70-46-49-40-50(47-70)42-51(41-49)48-70)61-37-39-65-63-29-14-16-31-67(63)72(69(65)45-61,57-23-9-3-10-24-57)58-25-11-4-12-26-58/h1-39,43-45,49-51H,40-42,46-48H2. The first kappa shape index (κ1) is 42.7. The van der Waals surface area contributed by atoms with Gasteiger partial charge in [-0.05, 0) is 182 Å². The molecular formula is C72H57N. The number of hydrogen-bond acceptors (Lipinski definition) is 1. The van der Waals surface area contributed by atoms with E-state index in [-0.39, 0.29) is 0 Å². The molecule has 6 aliphatic carbocycles. The van der Waals surface area contributed by atoms with Gasteiger partial charge in [0.05, 0.1) is 10.8 Å². The minimum absolute atomic E-state index is 0.371. The van der Waals surface area contributed by atoms with Crippen LogP contribution in [0.1, 0.15) is 88.6 Å². The molecule has 0 saturated heterocycles. The van der Waals surface area contributed by atoms with Crippen molar-refractivity contribution in [3.63, 3.8) is 0 Å². The van der Waals surface area contributed by atoms with E-state index in [9.17, 15) is 0 Å². The summed E-state index contributed by atoms with van der Waals surface area (Å²) in [5.41, 5.74) is 22.1. The molecule has 0 aromatic heterocycles. The summed E-state index contributed by atoms with van der Waals surface area (Å²) in [5.74, 6) is 2.77. The van der Waals surface area contributed by atoms with Crippen molar-refractivity contribution >= 4 is 17.1 Å². The predicted octanol–water partition coefficient (Wildman–Crippen LogP) is 18.0. The fourth-order valence-electron chi connectivity index (χ4n) is 15.9. The number of anilines is 3. The van der Waals surface area contributed by atoms with E-state index < -0.39 is 10.8 Å². The van der Waals surface area contributed by atoms with Crippen LogP contribution < -0.4 is 4.90 Å². The highest BCUT2D eigenvalue weighted by molar-refractivity contribution is 5.92. The lowest BCUT2D eigenvalue weighted by molar-refractivity contribution is -0.00518. The van der Waals surface area contributed by atoms with Gasteiger partial charge in [-0.1, -0.05) is 218 Å². The Balaban J connectivity index is 0.947. The van der Waals surface area contributed by atoms with Gasteiger partial charge in [0.15, 0.2) is 0 Å². The maximum atomic E-state index is 2.54. The lowest BCUT2D eigenvalue weighted by Gasteiger charge is -2.57. The van der Waals surface area contributed by atoms with Crippen LogP contribution in [0.4, 0.5) is 17.1 Å². The minimum atomic E-state index is -0.536. The van der Waals surface area contributed by atoms with E-state index in [1.165, 1.54) is 116 Å². The molecule has 10 aromatic carbocycles. The van der Waals surface area contributed by atoms with Crippen molar-refractivity contribution in [3.05, 3.63) is 305 Å². The van der Waals surface area contributed by atoms with Gasteiger partial charge in [-0.15, -0.1) is 0 Å². The van der Waals surface area contributed by atoms with E-state index in [0.29, 0.717) is 5.41 Å². The summed E-state index contributed by atoms with van der Waals surface area (Å²) >= 11 is 0. The molecule has 0 aliphatic heterocycles. The van der Waals surface area contributed by atoms with Crippen LogP contribution >= 0.6 is 0 Å². The van der Waals surface area contributed by atoms with Crippen LogP contribution in [-0.2, 0) is 16.2 Å². The van der Waals surface area contributed by atoms with Crippen LogP contribution in [0.3, 0.4) is 0 Å². The van der Waals surface area contributed by atoms with Gasteiger partial charge in [0, 0.05) is 17.1 Å². The Morgan fingerprint density at radius 2 is 0.658 bits per heavy atom. The average Bonchev–Trinajstić information content (AvgIpc) is 3.92. The summed E-state index contributed by atoms with van der Waals surface area (Å²) in [7, 11) is 0. The summed E-state index contributed by atoms with van der Waals surface area (Å²) in [5, 5.41) is 0. The maximum absolute atomic E-state index is 2.54. The normalized spacial score (nSPS) is 21.0. The summed E-state index contributed by atoms with van der Waals surface area (Å²) in [6.45, 7) is 0. The summed E-state index contributed by atoms with van der Waals surface area (Å²) < 4.78 is 0. The number of fused-ring (bicyclic) bond motifs is 6. The molecule has 4 fully saturated rings. The molecule has 0 spiro atoms. The Hall–Kier alpha value is -8.00. The van der Waals surface area contributed by atoms with Crippen molar-refractivity contribution in [3.8, 4) is 33.4 Å². The SMILES string of the molecule is c1ccc(C2(c3ccccc3)c3ccccc3-c3ccc(N(c4cccc(-c5ccc(C67CC8CC(CC(C8)C6)C7)cc5)c4)c4ccc5c(c4)C(c4ccccc4)(c4ccccc4)c4ccccc4-5)cc32)cc1. The maximum Gasteiger partial charge on any atom is 0.0714 e. The van der Waals surface area contributed by atoms with E-state index >= 15 is 0 Å². The first-order chi connectivity index (χ1) is 36.1. The number of hydrogen-bond donors (Lipinski definition) is 0. The lowest BCUT2D eigenvalue weighted by atomic mass is 9.48. The van der Waals surface area contributed by atoms with Crippen molar-refractivity contribution < 1.29 is 0 Å². The zero-order chi connectivity index (χ0) is 48.1. The van der Waals surface area contributed by atoms with Crippen molar-refractivity contribution in [2.75, 3.05) is 4.90 Å².